The van der Waals surface area contributed by atoms with Crippen LogP contribution in [0.1, 0.15) is 18.9 Å². The molecule has 1 atom stereocenters. The Labute approximate surface area is 87.7 Å². The van der Waals surface area contributed by atoms with Gasteiger partial charge in [0, 0.05) is 17.7 Å². The van der Waals surface area contributed by atoms with Crippen LogP contribution in [0.5, 0.6) is 5.75 Å². The van der Waals surface area contributed by atoms with Crippen molar-refractivity contribution in [3.8, 4) is 5.75 Å². The Bertz CT molecular complexity index is 364. The number of phenolic OH excluding ortho intramolecular Hbond substituents is 1. The molecule has 0 saturated carbocycles. The monoisotopic (exact) mass is 210 g/mol. The largest absolute Gasteiger partial charge is 0.508 e. The number of aryl methyl sites for hydroxylation is 1. The standard InChI is InChI=1S/C10H14N2O3/c1-7(11)2-3-8-6-9(13)4-5-10(8)12(14)15/h4-7,13H,2-3,11H2,1H3/t7-/m0/s1. The first-order chi connectivity index (χ1) is 7.00. The third-order valence-corrected chi connectivity index (χ3v) is 2.13. The number of phenols is 1. The summed E-state index contributed by atoms with van der Waals surface area (Å²) in [5.41, 5.74) is 6.13. The molecule has 0 spiro atoms. The highest BCUT2D eigenvalue weighted by Crippen LogP contribution is 2.24. The van der Waals surface area contributed by atoms with E-state index < -0.39 is 4.92 Å². The molecule has 0 fully saturated rings. The summed E-state index contributed by atoms with van der Waals surface area (Å²) >= 11 is 0. The van der Waals surface area contributed by atoms with Crippen LogP contribution in [0.3, 0.4) is 0 Å². The van der Waals surface area contributed by atoms with E-state index in [0.717, 1.165) is 0 Å². The predicted octanol–water partition coefficient (Wildman–Crippen LogP) is 1.58. The molecule has 0 aliphatic heterocycles. The molecule has 0 unspecified atom stereocenters. The number of benzene rings is 1. The molecule has 0 saturated heterocycles. The van der Waals surface area contributed by atoms with Crippen molar-refractivity contribution in [2.24, 2.45) is 5.73 Å². The van der Waals surface area contributed by atoms with E-state index in [-0.39, 0.29) is 17.5 Å². The molecule has 1 aromatic carbocycles. The molecule has 0 aliphatic carbocycles. The molecule has 3 N–H and O–H groups in total. The smallest absolute Gasteiger partial charge is 0.272 e. The second-order valence-corrected chi connectivity index (χ2v) is 3.59. The lowest BCUT2D eigenvalue weighted by molar-refractivity contribution is -0.385. The van der Waals surface area contributed by atoms with E-state index in [2.05, 4.69) is 0 Å². The van der Waals surface area contributed by atoms with Gasteiger partial charge in [-0.1, -0.05) is 0 Å². The molecular weight excluding hydrogens is 196 g/mol. The Morgan fingerprint density at radius 1 is 1.60 bits per heavy atom. The molecule has 0 aliphatic rings. The normalized spacial score (nSPS) is 12.4. The van der Waals surface area contributed by atoms with Crippen molar-refractivity contribution in [1.82, 2.24) is 0 Å². The molecule has 0 amide bonds. The Kier molecular flexibility index (Phi) is 3.62. The third-order valence-electron chi connectivity index (χ3n) is 2.13. The zero-order valence-corrected chi connectivity index (χ0v) is 8.51. The number of nitrogens with zero attached hydrogens (tertiary/aromatic N) is 1. The van der Waals surface area contributed by atoms with E-state index in [1.165, 1.54) is 18.2 Å². The number of nitro groups is 1. The van der Waals surface area contributed by atoms with Crippen molar-refractivity contribution in [2.75, 3.05) is 0 Å². The molecule has 1 aromatic rings. The molecule has 0 radical (unpaired) electrons. The van der Waals surface area contributed by atoms with Gasteiger partial charge in [0.15, 0.2) is 0 Å². The summed E-state index contributed by atoms with van der Waals surface area (Å²) in [5, 5.41) is 19.9. The maximum Gasteiger partial charge on any atom is 0.272 e. The van der Waals surface area contributed by atoms with Crippen LogP contribution in [0.25, 0.3) is 0 Å². The van der Waals surface area contributed by atoms with Gasteiger partial charge in [0.05, 0.1) is 4.92 Å². The zero-order chi connectivity index (χ0) is 11.4. The van der Waals surface area contributed by atoms with Gasteiger partial charge in [-0.15, -0.1) is 0 Å². The first-order valence-corrected chi connectivity index (χ1v) is 4.72. The van der Waals surface area contributed by atoms with Crippen LogP contribution in [-0.4, -0.2) is 16.1 Å². The van der Waals surface area contributed by atoms with Crippen molar-refractivity contribution in [1.29, 1.82) is 0 Å². The first kappa shape index (κ1) is 11.5. The highest BCUT2D eigenvalue weighted by Gasteiger charge is 2.14. The number of hydrogen-bond acceptors (Lipinski definition) is 4. The van der Waals surface area contributed by atoms with Crippen molar-refractivity contribution >= 4 is 5.69 Å². The molecular formula is C10H14N2O3. The number of rotatable bonds is 4. The summed E-state index contributed by atoms with van der Waals surface area (Å²) in [5.74, 6) is 0.0419. The molecule has 0 heterocycles. The van der Waals surface area contributed by atoms with E-state index in [9.17, 15) is 15.2 Å². The lowest BCUT2D eigenvalue weighted by Gasteiger charge is -2.06. The molecule has 15 heavy (non-hydrogen) atoms. The van der Waals surface area contributed by atoms with Crippen LogP contribution in [0.2, 0.25) is 0 Å². The van der Waals surface area contributed by atoms with Gasteiger partial charge in [0.2, 0.25) is 0 Å². The first-order valence-electron chi connectivity index (χ1n) is 4.72. The van der Waals surface area contributed by atoms with Crippen LogP contribution in [-0.2, 0) is 6.42 Å². The second-order valence-electron chi connectivity index (χ2n) is 3.59. The van der Waals surface area contributed by atoms with Crippen molar-refractivity contribution in [3.05, 3.63) is 33.9 Å². The minimum absolute atomic E-state index is 0.00745. The zero-order valence-electron chi connectivity index (χ0n) is 8.51. The fourth-order valence-electron chi connectivity index (χ4n) is 1.33. The van der Waals surface area contributed by atoms with Crippen molar-refractivity contribution in [2.45, 2.75) is 25.8 Å². The molecule has 0 aromatic heterocycles. The number of hydrogen-bond donors (Lipinski definition) is 2. The highest BCUT2D eigenvalue weighted by atomic mass is 16.6. The van der Waals surface area contributed by atoms with Crippen LogP contribution >= 0.6 is 0 Å². The van der Waals surface area contributed by atoms with Gasteiger partial charge >= 0.3 is 0 Å². The van der Waals surface area contributed by atoms with Crippen molar-refractivity contribution in [3.63, 3.8) is 0 Å². The van der Waals surface area contributed by atoms with Gasteiger partial charge in [-0.2, -0.15) is 0 Å². The molecule has 82 valence electrons. The van der Waals surface area contributed by atoms with Gasteiger partial charge < -0.3 is 10.8 Å². The lowest BCUT2D eigenvalue weighted by atomic mass is 10.0. The minimum Gasteiger partial charge on any atom is -0.508 e. The summed E-state index contributed by atoms with van der Waals surface area (Å²) in [6.45, 7) is 1.84. The van der Waals surface area contributed by atoms with Gasteiger partial charge in [-0.25, -0.2) is 0 Å². The number of nitro benzene ring substituents is 1. The maximum atomic E-state index is 10.7. The van der Waals surface area contributed by atoms with Crippen LogP contribution in [0, 0.1) is 10.1 Å². The van der Waals surface area contributed by atoms with Gasteiger partial charge in [-0.05, 0) is 31.9 Å². The fraction of sp³-hybridized carbons (Fsp3) is 0.400. The maximum absolute atomic E-state index is 10.7. The van der Waals surface area contributed by atoms with Crippen LogP contribution in [0.4, 0.5) is 5.69 Å². The lowest BCUT2D eigenvalue weighted by Crippen LogP contribution is -2.15. The van der Waals surface area contributed by atoms with E-state index >= 15 is 0 Å². The van der Waals surface area contributed by atoms with Gasteiger partial charge in [0.1, 0.15) is 5.75 Å². The Morgan fingerprint density at radius 2 is 2.27 bits per heavy atom. The SMILES string of the molecule is C[C@H](N)CCc1cc(O)ccc1[N+](=O)[O-]. The summed E-state index contributed by atoms with van der Waals surface area (Å²) < 4.78 is 0. The average molecular weight is 210 g/mol. The summed E-state index contributed by atoms with van der Waals surface area (Å²) in [6, 6.07) is 4.03. The Morgan fingerprint density at radius 3 is 2.80 bits per heavy atom. The fourth-order valence-corrected chi connectivity index (χ4v) is 1.33. The summed E-state index contributed by atoms with van der Waals surface area (Å²) in [6.07, 6.45) is 1.16. The molecule has 0 bridgehead atoms. The molecule has 5 heteroatoms. The molecule has 1 rings (SSSR count). The van der Waals surface area contributed by atoms with Crippen LogP contribution in [0.15, 0.2) is 18.2 Å². The Hall–Kier alpha value is -1.62. The highest BCUT2D eigenvalue weighted by molar-refractivity contribution is 5.44. The summed E-state index contributed by atoms with van der Waals surface area (Å²) in [7, 11) is 0. The number of aromatic hydroxyl groups is 1. The average Bonchev–Trinajstić information content (AvgIpc) is 2.14. The number of nitrogens with two attached hydrogens (primary N) is 1. The van der Waals surface area contributed by atoms with Crippen molar-refractivity contribution < 1.29 is 10.0 Å². The minimum atomic E-state index is -0.448. The predicted molar refractivity (Wildman–Crippen MR) is 56.7 cm³/mol. The third kappa shape index (κ3) is 3.21. The van der Waals surface area contributed by atoms with E-state index in [1.54, 1.807) is 0 Å². The topological polar surface area (TPSA) is 89.4 Å². The van der Waals surface area contributed by atoms with E-state index in [1.807, 2.05) is 6.92 Å². The van der Waals surface area contributed by atoms with E-state index in [4.69, 9.17) is 5.73 Å². The summed E-state index contributed by atoms with van der Waals surface area (Å²) in [4.78, 5) is 10.2. The van der Waals surface area contributed by atoms with E-state index in [0.29, 0.717) is 18.4 Å². The second kappa shape index (κ2) is 4.75. The molecule has 5 nitrogen and oxygen atoms in total. The van der Waals surface area contributed by atoms with Gasteiger partial charge in [0.25, 0.3) is 5.69 Å². The quantitative estimate of drug-likeness (QED) is 0.583. The Balaban J connectivity index is 2.92. The van der Waals surface area contributed by atoms with Gasteiger partial charge in [-0.3, -0.25) is 10.1 Å². The van der Waals surface area contributed by atoms with Crippen LogP contribution < -0.4 is 5.73 Å².